The van der Waals surface area contributed by atoms with Crippen LogP contribution in [0.5, 0.6) is 0 Å². The van der Waals surface area contributed by atoms with Gasteiger partial charge in [-0.15, -0.1) is 0 Å². The van der Waals surface area contributed by atoms with Gasteiger partial charge in [0.25, 0.3) is 0 Å². The second-order valence-corrected chi connectivity index (χ2v) is 4.90. The van der Waals surface area contributed by atoms with E-state index in [0.717, 1.165) is 5.56 Å². The van der Waals surface area contributed by atoms with Crippen LogP contribution >= 0.6 is 23.2 Å². The Hall–Kier alpha value is -1.16. The van der Waals surface area contributed by atoms with Gasteiger partial charge in [0.2, 0.25) is 0 Å². The predicted octanol–water partition coefficient (Wildman–Crippen LogP) is 3.88. The molecule has 1 aromatic carbocycles. The molecule has 5 heteroatoms. The molecule has 2 N–H and O–H groups in total. The lowest BCUT2D eigenvalue weighted by molar-refractivity contribution is 0.621. The van der Waals surface area contributed by atoms with E-state index in [0.29, 0.717) is 21.3 Å². The molecule has 1 aromatic heterocycles. The van der Waals surface area contributed by atoms with Crippen LogP contribution < -0.4 is 5.73 Å². The first-order chi connectivity index (χ1) is 8.47. The summed E-state index contributed by atoms with van der Waals surface area (Å²) in [6, 6.07) is 5.61. The van der Waals surface area contributed by atoms with Crippen LogP contribution in [-0.2, 0) is 0 Å². The number of aromatic nitrogens is 1. The van der Waals surface area contributed by atoms with Gasteiger partial charge in [-0.1, -0.05) is 29.3 Å². The van der Waals surface area contributed by atoms with E-state index in [1.807, 2.05) is 0 Å². The lowest BCUT2D eigenvalue weighted by Gasteiger charge is -2.14. The molecule has 2 nitrogen and oxygen atoms in total. The highest BCUT2D eigenvalue weighted by Gasteiger charge is 2.15. The molecule has 0 fully saturated rings. The van der Waals surface area contributed by atoms with E-state index < -0.39 is 6.04 Å². The van der Waals surface area contributed by atoms with Crippen molar-refractivity contribution < 1.29 is 4.39 Å². The third-order valence-corrected chi connectivity index (χ3v) is 3.06. The number of benzene rings is 1. The minimum absolute atomic E-state index is 0.328. The maximum Gasteiger partial charge on any atom is 0.123 e. The van der Waals surface area contributed by atoms with Crippen LogP contribution in [0.2, 0.25) is 10.0 Å². The van der Waals surface area contributed by atoms with Gasteiger partial charge in [-0.05, 0) is 36.2 Å². The first kappa shape index (κ1) is 13.3. The Kier molecular flexibility index (Phi) is 3.85. The average molecular weight is 285 g/mol. The molecule has 1 heterocycles. The highest BCUT2D eigenvalue weighted by atomic mass is 35.5. The molecule has 1 unspecified atom stereocenters. The van der Waals surface area contributed by atoms with Crippen LogP contribution in [0.1, 0.15) is 22.9 Å². The molecule has 0 saturated carbocycles. The van der Waals surface area contributed by atoms with Crippen molar-refractivity contribution in [1.29, 1.82) is 0 Å². The lowest BCUT2D eigenvalue weighted by Crippen LogP contribution is -2.14. The van der Waals surface area contributed by atoms with E-state index in [2.05, 4.69) is 4.98 Å². The van der Waals surface area contributed by atoms with Gasteiger partial charge in [-0.3, -0.25) is 4.98 Å². The number of aryl methyl sites for hydroxylation is 1. The maximum atomic E-state index is 13.3. The summed E-state index contributed by atoms with van der Waals surface area (Å²) in [6.45, 7) is 1.80. The third kappa shape index (κ3) is 2.80. The van der Waals surface area contributed by atoms with Crippen molar-refractivity contribution in [2.24, 2.45) is 5.73 Å². The number of pyridine rings is 1. The van der Waals surface area contributed by atoms with Gasteiger partial charge < -0.3 is 5.73 Å². The summed E-state index contributed by atoms with van der Waals surface area (Å²) >= 11 is 11.8. The molecule has 1 atom stereocenters. The van der Waals surface area contributed by atoms with Crippen LogP contribution in [0.15, 0.2) is 30.5 Å². The number of rotatable bonds is 2. The first-order valence-electron chi connectivity index (χ1n) is 5.31. The Balaban J connectivity index is 2.44. The fourth-order valence-corrected chi connectivity index (χ4v) is 2.25. The molecular weight excluding hydrogens is 274 g/mol. The maximum absolute atomic E-state index is 13.3. The summed E-state index contributed by atoms with van der Waals surface area (Å²) < 4.78 is 13.3. The Bertz CT molecular complexity index is 567. The molecule has 0 amide bonds. The molecule has 2 rings (SSSR count). The van der Waals surface area contributed by atoms with E-state index in [-0.39, 0.29) is 5.82 Å². The average Bonchev–Trinajstić information content (AvgIpc) is 2.26. The van der Waals surface area contributed by atoms with Crippen molar-refractivity contribution in [1.82, 2.24) is 4.98 Å². The van der Waals surface area contributed by atoms with E-state index >= 15 is 0 Å². The second-order valence-electron chi connectivity index (χ2n) is 4.06. The first-order valence-corrected chi connectivity index (χ1v) is 6.06. The highest BCUT2D eigenvalue weighted by molar-refractivity contribution is 6.34. The molecule has 0 radical (unpaired) electrons. The zero-order valence-corrected chi connectivity index (χ0v) is 11.1. The molecule has 0 spiro atoms. The molecule has 2 aromatic rings. The van der Waals surface area contributed by atoms with Crippen LogP contribution in [0, 0.1) is 12.7 Å². The molecule has 0 aliphatic heterocycles. The van der Waals surface area contributed by atoms with Crippen LogP contribution in [0.4, 0.5) is 4.39 Å². The van der Waals surface area contributed by atoms with E-state index in [1.54, 1.807) is 19.1 Å². The van der Waals surface area contributed by atoms with Gasteiger partial charge in [0.1, 0.15) is 5.82 Å². The molecule has 0 saturated heterocycles. The van der Waals surface area contributed by atoms with Gasteiger partial charge in [0.05, 0.1) is 21.8 Å². The molecule has 0 aliphatic rings. The third-order valence-electron chi connectivity index (χ3n) is 2.55. The minimum Gasteiger partial charge on any atom is -0.319 e. The smallest absolute Gasteiger partial charge is 0.123 e. The summed E-state index contributed by atoms with van der Waals surface area (Å²) in [5, 5.41) is 0.809. The van der Waals surface area contributed by atoms with E-state index in [9.17, 15) is 4.39 Å². The normalized spacial score (nSPS) is 12.5. The molecular formula is C13H11Cl2FN2. The fourth-order valence-electron chi connectivity index (χ4n) is 1.76. The van der Waals surface area contributed by atoms with E-state index in [4.69, 9.17) is 28.9 Å². The highest BCUT2D eigenvalue weighted by Crippen LogP contribution is 2.27. The summed E-state index contributed by atoms with van der Waals surface area (Å²) in [6.07, 6.45) is 1.47. The van der Waals surface area contributed by atoms with Crippen molar-refractivity contribution in [3.63, 3.8) is 0 Å². The van der Waals surface area contributed by atoms with Gasteiger partial charge in [0, 0.05) is 6.20 Å². The molecule has 94 valence electrons. The molecule has 0 bridgehead atoms. The number of hydrogen-bond donors (Lipinski definition) is 1. The lowest BCUT2D eigenvalue weighted by atomic mass is 10.0. The second kappa shape index (κ2) is 5.22. The largest absolute Gasteiger partial charge is 0.319 e. The van der Waals surface area contributed by atoms with Crippen molar-refractivity contribution >= 4 is 23.2 Å². The molecule has 0 aliphatic carbocycles. The van der Waals surface area contributed by atoms with Crippen molar-refractivity contribution in [3.8, 4) is 0 Å². The molecule has 18 heavy (non-hydrogen) atoms. The summed E-state index contributed by atoms with van der Waals surface area (Å²) in [5.41, 5.74) is 7.95. The van der Waals surface area contributed by atoms with Gasteiger partial charge in [-0.2, -0.15) is 0 Å². The predicted molar refractivity (Wildman–Crippen MR) is 71.4 cm³/mol. The number of halogens is 3. The summed E-state index contributed by atoms with van der Waals surface area (Å²) in [4.78, 5) is 4.10. The zero-order valence-electron chi connectivity index (χ0n) is 9.62. The fraction of sp³-hybridized carbons (Fsp3) is 0.154. The van der Waals surface area contributed by atoms with Gasteiger partial charge in [0.15, 0.2) is 0 Å². The number of nitrogens with zero attached hydrogens (tertiary/aromatic N) is 1. The number of hydrogen-bond acceptors (Lipinski definition) is 2. The Labute approximate surface area is 115 Å². The van der Waals surface area contributed by atoms with Crippen LogP contribution in [-0.4, -0.2) is 4.98 Å². The zero-order chi connectivity index (χ0) is 13.3. The van der Waals surface area contributed by atoms with Crippen LogP contribution in [0.3, 0.4) is 0 Å². The van der Waals surface area contributed by atoms with Crippen molar-refractivity contribution in [3.05, 3.63) is 63.1 Å². The topological polar surface area (TPSA) is 38.9 Å². The minimum atomic E-state index is -0.579. The summed E-state index contributed by atoms with van der Waals surface area (Å²) in [7, 11) is 0. The monoisotopic (exact) mass is 284 g/mol. The number of nitrogens with two attached hydrogens (primary N) is 1. The summed E-state index contributed by atoms with van der Waals surface area (Å²) in [5.74, 6) is -0.328. The standard InChI is InChI=1S/C13H11Cl2FN2/c1-7-2-8(4-10(16)3-7)12(17)13-11(15)5-9(14)6-18-13/h2-6,12H,17H2,1H3. The van der Waals surface area contributed by atoms with Crippen LogP contribution in [0.25, 0.3) is 0 Å². The van der Waals surface area contributed by atoms with Gasteiger partial charge >= 0.3 is 0 Å². The quantitative estimate of drug-likeness (QED) is 0.909. The van der Waals surface area contributed by atoms with Gasteiger partial charge in [-0.25, -0.2) is 4.39 Å². The Morgan fingerprint density at radius 2 is 1.94 bits per heavy atom. The Morgan fingerprint density at radius 3 is 2.56 bits per heavy atom. The van der Waals surface area contributed by atoms with E-state index in [1.165, 1.54) is 18.3 Å². The van der Waals surface area contributed by atoms with Crippen molar-refractivity contribution in [2.75, 3.05) is 0 Å². The van der Waals surface area contributed by atoms with Crippen molar-refractivity contribution in [2.45, 2.75) is 13.0 Å². The Morgan fingerprint density at radius 1 is 1.22 bits per heavy atom. The SMILES string of the molecule is Cc1cc(F)cc(C(N)c2ncc(Cl)cc2Cl)c1.